The number of methoxy groups -OCH3 is 1. The first-order valence-electron chi connectivity index (χ1n) is 8.01. The summed E-state index contributed by atoms with van der Waals surface area (Å²) < 4.78 is 9.90. The summed E-state index contributed by atoms with van der Waals surface area (Å²) >= 11 is 1.57. The van der Waals surface area contributed by atoms with Gasteiger partial charge in [-0.2, -0.15) is 11.8 Å². The number of hydrogen-bond donors (Lipinski definition) is 2. The predicted molar refractivity (Wildman–Crippen MR) is 95.0 cm³/mol. The Labute approximate surface area is 148 Å². The van der Waals surface area contributed by atoms with Gasteiger partial charge in [0.25, 0.3) is 0 Å². The standard InChI is InChI=1S/C16H30N2O5S/c1-7-8-11(18-15(21)23-16(2,3)4)13(19)17-12(9-10-24-6)14(20)22-5/h11-12H,7-10H2,1-6H3,(H,17,19)(H,18,21)/t11-,12-/m0/s1. The van der Waals surface area contributed by atoms with Crippen LogP contribution in [0, 0.1) is 0 Å². The second-order valence-electron chi connectivity index (χ2n) is 6.35. The molecule has 2 amide bonds. The van der Waals surface area contributed by atoms with Gasteiger partial charge in [0.1, 0.15) is 17.7 Å². The fourth-order valence-electron chi connectivity index (χ4n) is 1.91. The van der Waals surface area contributed by atoms with Crippen LogP contribution in [0.15, 0.2) is 0 Å². The molecule has 2 atom stereocenters. The summed E-state index contributed by atoms with van der Waals surface area (Å²) in [6.07, 6.45) is 2.86. The van der Waals surface area contributed by atoms with E-state index in [0.29, 0.717) is 25.0 Å². The molecule has 7 nitrogen and oxygen atoms in total. The summed E-state index contributed by atoms with van der Waals surface area (Å²) in [5, 5.41) is 5.22. The Morgan fingerprint density at radius 1 is 1.08 bits per heavy atom. The van der Waals surface area contributed by atoms with Crippen LogP contribution in [0.1, 0.15) is 47.0 Å². The number of rotatable bonds is 9. The van der Waals surface area contributed by atoms with Gasteiger partial charge in [0.15, 0.2) is 0 Å². The van der Waals surface area contributed by atoms with Crippen molar-refractivity contribution < 1.29 is 23.9 Å². The van der Waals surface area contributed by atoms with Crippen molar-refractivity contribution in [3.8, 4) is 0 Å². The van der Waals surface area contributed by atoms with Crippen molar-refractivity contribution in [2.45, 2.75) is 64.6 Å². The van der Waals surface area contributed by atoms with E-state index in [-0.39, 0.29) is 0 Å². The molecule has 0 spiro atoms. The zero-order valence-electron chi connectivity index (χ0n) is 15.4. The van der Waals surface area contributed by atoms with Gasteiger partial charge < -0.3 is 20.1 Å². The molecule has 0 aromatic carbocycles. The molecule has 0 heterocycles. The summed E-state index contributed by atoms with van der Waals surface area (Å²) in [7, 11) is 1.28. The maximum absolute atomic E-state index is 12.4. The minimum absolute atomic E-state index is 0.417. The number of hydrogen-bond acceptors (Lipinski definition) is 6. The fourth-order valence-corrected chi connectivity index (χ4v) is 2.38. The monoisotopic (exact) mass is 362 g/mol. The van der Waals surface area contributed by atoms with E-state index in [1.54, 1.807) is 32.5 Å². The quantitative estimate of drug-likeness (QED) is 0.610. The SMILES string of the molecule is CCC[C@H](NC(=O)OC(C)(C)C)C(=O)N[C@@H](CCSC)C(=O)OC. The highest BCUT2D eigenvalue weighted by atomic mass is 32.2. The number of ether oxygens (including phenoxy) is 2. The number of thioether (sulfide) groups is 1. The van der Waals surface area contributed by atoms with Gasteiger partial charge >= 0.3 is 12.1 Å². The number of carbonyl (C=O) groups excluding carboxylic acids is 3. The molecule has 0 aromatic heterocycles. The molecule has 0 aromatic rings. The first-order chi connectivity index (χ1) is 11.1. The van der Waals surface area contributed by atoms with E-state index in [0.717, 1.165) is 0 Å². The lowest BCUT2D eigenvalue weighted by Gasteiger charge is -2.24. The molecule has 0 unspecified atom stereocenters. The topological polar surface area (TPSA) is 93.7 Å². The van der Waals surface area contributed by atoms with Crippen molar-refractivity contribution in [2.24, 2.45) is 0 Å². The normalized spacial score (nSPS) is 13.6. The zero-order chi connectivity index (χ0) is 18.8. The van der Waals surface area contributed by atoms with Gasteiger partial charge in [-0.25, -0.2) is 9.59 Å². The van der Waals surface area contributed by atoms with Gasteiger partial charge in [0, 0.05) is 0 Å². The molecule has 140 valence electrons. The maximum Gasteiger partial charge on any atom is 0.408 e. The molecule has 0 aliphatic heterocycles. The minimum Gasteiger partial charge on any atom is -0.467 e. The van der Waals surface area contributed by atoms with Crippen LogP contribution in [0.3, 0.4) is 0 Å². The fraction of sp³-hybridized carbons (Fsp3) is 0.812. The van der Waals surface area contributed by atoms with Crippen molar-refractivity contribution in [1.82, 2.24) is 10.6 Å². The van der Waals surface area contributed by atoms with E-state index in [9.17, 15) is 14.4 Å². The van der Waals surface area contributed by atoms with Gasteiger partial charge in [-0.3, -0.25) is 4.79 Å². The Bertz CT molecular complexity index is 423. The molecule has 0 saturated carbocycles. The molecule has 0 aliphatic rings. The number of nitrogens with one attached hydrogen (secondary N) is 2. The predicted octanol–water partition coefficient (Wildman–Crippen LogP) is 2.09. The Kier molecular flexibility index (Phi) is 10.5. The first kappa shape index (κ1) is 22.6. The van der Waals surface area contributed by atoms with E-state index in [4.69, 9.17) is 9.47 Å². The highest BCUT2D eigenvalue weighted by Crippen LogP contribution is 2.08. The molecular formula is C16H30N2O5S. The third-order valence-electron chi connectivity index (χ3n) is 3.00. The molecule has 0 fully saturated rings. The van der Waals surface area contributed by atoms with E-state index < -0.39 is 35.7 Å². The van der Waals surface area contributed by atoms with Gasteiger partial charge in [0.05, 0.1) is 7.11 Å². The van der Waals surface area contributed by atoms with Crippen molar-refractivity contribution in [3.05, 3.63) is 0 Å². The van der Waals surface area contributed by atoms with Crippen LogP contribution in [-0.2, 0) is 19.1 Å². The second kappa shape index (κ2) is 11.2. The Hall–Kier alpha value is -1.44. The van der Waals surface area contributed by atoms with Crippen LogP contribution in [-0.4, -0.2) is 54.8 Å². The molecule has 0 aliphatic carbocycles. The third kappa shape index (κ3) is 9.64. The van der Waals surface area contributed by atoms with Gasteiger partial charge in [-0.1, -0.05) is 13.3 Å². The molecule has 0 rings (SSSR count). The van der Waals surface area contributed by atoms with Gasteiger partial charge in [0.2, 0.25) is 5.91 Å². The number of carbonyl (C=O) groups is 3. The summed E-state index contributed by atoms with van der Waals surface area (Å²) in [5.74, 6) is -0.207. The highest BCUT2D eigenvalue weighted by Gasteiger charge is 2.28. The molecule has 24 heavy (non-hydrogen) atoms. The van der Waals surface area contributed by atoms with E-state index >= 15 is 0 Å². The van der Waals surface area contributed by atoms with Crippen LogP contribution >= 0.6 is 11.8 Å². The van der Waals surface area contributed by atoms with Crippen molar-refractivity contribution in [2.75, 3.05) is 19.1 Å². The van der Waals surface area contributed by atoms with Crippen molar-refractivity contribution in [3.63, 3.8) is 0 Å². The summed E-state index contributed by atoms with van der Waals surface area (Å²) in [5.41, 5.74) is -0.649. The molecular weight excluding hydrogens is 332 g/mol. The minimum atomic E-state index is -0.758. The summed E-state index contributed by atoms with van der Waals surface area (Å²) in [6.45, 7) is 7.15. The number of amides is 2. The lowest BCUT2D eigenvalue weighted by Crippen LogP contribution is -2.52. The first-order valence-corrected chi connectivity index (χ1v) is 9.40. The zero-order valence-corrected chi connectivity index (χ0v) is 16.2. The molecule has 0 radical (unpaired) electrons. The van der Waals surface area contributed by atoms with Crippen molar-refractivity contribution in [1.29, 1.82) is 0 Å². The third-order valence-corrected chi connectivity index (χ3v) is 3.64. The lowest BCUT2D eigenvalue weighted by molar-refractivity contribution is -0.145. The number of esters is 1. The van der Waals surface area contributed by atoms with E-state index in [2.05, 4.69) is 10.6 Å². The molecule has 0 bridgehead atoms. The average Bonchev–Trinajstić information content (AvgIpc) is 2.48. The van der Waals surface area contributed by atoms with E-state index in [1.165, 1.54) is 7.11 Å². The number of alkyl carbamates (subject to hydrolysis) is 1. The molecule has 0 saturated heterocycles. The lowest BCUT2D eigenvalue weighted by atomic mass is 10.1. The summed E-state index contributed by atoms with van der Waals surface area (Å²) in [6, 6.07) is -1.49. The Morgan fingerprint density at radius 3 is 2.17 bits per heavy atom. The second-order valence-corrected chi connectivity index (χ2v) is 7.34. The summed E-state index contributed by atoms with van der Waals surface area (Å²) in [4.78, 5) is 36.1. The van der Waals surface area contributed by atoms with Gasteiger partial charge in [-0.05, 0) is 45.6 Å². The van der Waals surface area contributed by atoms with Crippen LogP contribution in [0.2, 0.25) is 0 Å². The average molecular weight is 362 g/mol. The van der Waals surface area contributed by atoms with E-state index in [1.807, 2.05) is 13.2 Å². The van der Waals surface area contributed by atoms with Crippen LogP contribution < -0.4 is 10.6 Å². The largest absolute Gasteiger partial charge is 0.467 e. The Morgan fingerprint density at radius 2 is 1.71 bits per heavy atom. The van der Waals surface area contributed by atoms with Crippen LogP contribution in [0.5, 0.6) is 0 Å². The molecule has 2 N–H and O–H groups in total. The van der Waals surface area contributed by atoms with Crippen molar-refractivity contribution >= 4 is 29.7 Å². The molecule has 8 heteroatoms. The van der Waals surface area contributed by atoms with Crippen LogP contribution in [0.25, 0.3) is 0 Å². The smallest absolute Gasteiger partial charge is 0.408 e. The highest BCUT2D eigenvalue weighted by molar-refractivity contribution is 7.98. The maximum atomic E-state index is 12.4. The Balaban J connectivity index is 4.86. The van der Waals surface area contributed by atoms with Crippen LogP contribution in [0.4, 0.5) is 4.79 Å². The van der Waals surface area contributed by atoms with Gasteiger partial charge in [-0.15, -0.1) is 0 Å².